The van der Waals surface area contributed by atoms with Crippen molar-refractivity contribution < 1.29 is 27.4 Å². The van der Waals surface area contributed by atoms with Crippen molar-refractivity contribution in [3.05, 3.63) is 86.8 Å². The van der Waals surface area contributed by atoms with Crippen LogP contribution in [0.25, 0.3) is 0 Å². The zero-order valence-electron chi connectivity index (χ0n) is 18.0. The molecule has 0 amide bonds. The summed E-state index contributed by atoms with van der Waals surface area (Å²) in [6.45, 7) is 3.30. The van der Waals surface area contributed by atoms with Crippen LogP contribution in [0.2, 0.25) is 5.02 Å². The second kappa shape index (κ2) is 10.5. The predicted octanol–water partition coefficient (Wildman–Crippen LogP) is 7.87. The molecule has 9 heteroatoms. The highest BCUT2D eigenvalue weighted by molar-refractivity contribution is 9.10. The summed E-state index contributed by atoms with van der Waals surface area (Å²) in [6, 6.07) is 16.5. The Morgan fingerprint density at radius 2 is 1.76 bits per heavy atom. The summed E-state index contributed by atoms with van der Waals surface area (Å²) < 4.78 is 51.1. The minimum atomic E-state index is -4.54. The van der Waals surface area contributed by atoms with E-state index in [0.29, 0.717) is 5.56 Å². The molecule has 3 rings (SSSR count). The number of hydrogen-bond donors (Lipinski definition) is 0. The van der Waals surface area contributed by atoms with E-state index in [1.165, 1.54) is 6.92 Å². The number of hydrogen-bond acceptors (Lipinski definition) is 4. The van der Waals surface area contributed by atoms with Crippen molar-refractivity contribution >= 4 is 33.3 Å². The lowest BCUT2D eigenvalue weighted by Crippen LogP contribution is -2.29. The molecule has 0 bridgehead atoms. The van der Waals surface area contributed by atoms with Gasteiger partial charge in [-0.05, 0) is 67.4 Å². The van der Waals surface area contributed by atoms with Gasteiger partial charge in [-0.3, -0.25) is 4.79 Å². The Balaban J connectivity index is 1.85. The Morgan fingerprint density at radius 3 is 2.38 bits per heavy atom. The van der Waals surface area contributed by atoms with Gasteiger partial charge in [-0.1, -0.05) is 45.7 Å². The number of nitriles is 1. The minimum Gasteiger partial charge on any atom is -0.479 e. The molecule has 0 fully saturated rings. The number of ketones is 1. The van der Waals surface area contributed by atoms with Gasteiger partial charge in [0.1, 0.15) is 11.7 Å². The molecule has 2 atom stereocenters. The van der Waals surface area contributed by atoms with Gasteiger partial charge < -0.3 is 9.47 Å². The fourth-order valence-electron chi connectivity index (χ4n) is 3.14. The molecule has 3 aromatic rings. The van der Waals surface area contributed by atoms with Crippen LogP contribution in [0, 0.1) is 18.3 Å². The summed E-state index contributed by atoms with van der Waals surface area (Å²) >= 11 is 9.34. The van der Waals surface area contributed by atoms with E-state index in [1.54, 1.807) is 49.4 Å². The number of carbonyl (C=O) groups is 1. The maximum atomic E-state index is 13.0. The molecule has 4 nitrogen and oxygen atoms in total. The standard InChI is InChI=1S/C25H18BrClF3NO3/c1-14-6-8-22(23(10-14)34-21-9-7-17(12-20(21)27)25(28,29)30)33-15(2)24(32)19(13-31)16-4-3-5-18(26)11-16/h3-12,15,19H,1-2H3. The first kappa shape index (κ1) is 25.6. The third-order valence-electron chi connectivity index (χ3n) is 4.88. The zero-order valence-corrected chi connectivity index (χ0v) is 20.3. The van der Waals surface area contributed by atoms with Gasteiger partial charge in [0.25, 0.3) is 0 Å². The molecule has 0 aliphatic carbocycles. The first-order valence-corrected chi connectivity index (χ1v) is 11.2. The van der Waals surface area contributed by atoms with Crippen molar-refractivity contribution in [2.75, 3.05) is 0 Å². The van der Waals surface area contributed by atoms with E-state index >= 15 is 0 Å². The van der Waals surface area contributed by atoms with Gasteiger partial charge in [0.15, 0.2) is 23.4 Å². The third-order valence-corrected chi connectivity index (χ3v) is 5.67. The molecule has 0 aromatic heterocycles. The van der Waals surface area contributed by atoms with Crippen LogP contribution in [0.3, 0.4) is 0 Å². The zero-order chi connectivity index (χ0) is 25.0. The second-order valence-corrected chi connectivity index (χ2v) is 8.80. The third kappa shape index (κ3) is 6.10. The van der Waals surface area contributed by atoms with Crippen molar-refractivity contribution in [2.24, 2.45) is 0 Å². The number of rotatable bonds is 7. The number of ether oxygens (including phenoxy) is 2. The highest BCUT2D eigenvalue weighted by Gasteiger charge is 2.31. The lowest BCUT2D eigenvalue weighted by Gasteiger charge is -2.20. The predicted molar refractivity (Wildman–Crippen MR) is 125 cm³/mol. The number of carbonyl (C=O) groups excluding carboxylic acids is 1. The smallest absolute Gasteiger partial charge is 0.416 e. The van der Waals surface area contributed by atoms with Crippen molar-refractivity contribution in [1.29, 1.82) is 5.26 Å². The molecule has 0 saturated heterocycles. The Bertz CT molecular complexity index is 1260. The molecular formula is C25H18BrClF3NO3. The highest BCUT2D eigenvalue weighted by atomic mass is 79.9. The average Bonchev–Trinajstić information content (AvgIpc) is 2.76. The van der Waals surface area contributed by atoms with Crippen LogP contribution >= 0.6 is 27.5 Å². The number of aryl methyl sites for hydroxylation is 1. The number of nitrogens with zero attached hydrogens (tertiary/aromatic N) is 1. The van der Waals surface area contributed by atoms with Crippen LogP contribution in [0.5, 0.6) is 17.2 Å². The molecule has 0 radical (unpaired) electrons. The first-order chi connectivity index (χ1) is 16.0. The van der Waals surface area contributed by atoms with E-state index < -0.39 is 29.5 Å². The molecule has 0 aliphatic rings. The maximum absolute atomic E-state index is 13.0. The summed E-state index contributed by atoms with van der Waals surface area (Å²) in [4.78, 5) is 13.0. The van der Waals surface area contributed by atoms with Crippen LogP contribution < -0.4 is 9.47 Å². The lowest BCUT2D eigenvalue weighted by atomic mass is 9.93. The number of benzene rings is 3. The molecule has 0 heterocycles. The molecule has 0 spiro atoms. The largest absolute Gasteiger partial charge is 0.479 e. The quantitative estimate of drug-likeness (QED) is 0.299. The van der Waals surface area contributed by atoms with Crippen LogP contribution in [-0.4, -0.2) is 11.9 Å². The molecule has 34 heavy (non-hydrogen) atoms. The van der Waals surface area contributed by atoms with Crippen LogP contribution in [-0.2, 0) is 11.0 Å². The first-order valence-electron chi connectivity index (χ1n) is 10.0. The van der Waals surface area contributed by atoms with Crippen molar-refractivity contribution in [3.8, 4) is 23.3 Å². The molecule has 2 unspecified atom stereocenters. The Morgan fingerprint density at radius 1 is 1.06 bits per heavy atom. The van der Waals surface area contributed by atoms with Gasteiger partial charge in [0.05, 0.1) is 16.7 Å². The Kier molecular flexibility index (Phi) is 7.90. The van der Waals surface area contributed by atoms with Gasteiger partial charge in [-0.25, -0.2) is 0 Å². The molecule has 3 aromatic carbocycles. The van der Waals surface area contributed by atoms with E-state index in [2.05, 4.69) is 15.9 Å². The summed E-state index contributed by atoms with van der Waals surface area (Å²) in [5.74, 6) is -1.18. The lowest BCUT2D eigenvalue weighted by molar-refractivity contribution is -0.137. The highest BCUT2D eigenvalue weighted by Crippen LogP contribution is 2.39. The van der Waals surface area contributed by atoms with Gasteiger partial charge in [-0.2, -0.15) is 18.4 Å². The van der Waals surface area contributed by atoms with Gasteiger partial charge >= 0.3 is 6.18 Å². The fourth-order valence-corrected chi connectivity index (χ4v) is 3.78. The summed E-state index contributed by atoms with van der Waals surface area (Å²) in [5.41, 5.74) is 0.405. The van der Waals surface area contributed by atoms with Gasteiger partial charge in [-0.15, -0.1) is 0 Å². The minimum absolute atomic E-state index is 0.00636. The molecule has 0 N–H and O–H groups in total. The van der Waals surface area contributed by atoms with E-state index in [1.807, 2.05) is 6.07 Å². The van der Waals surface area contributed by atoms with Crippen LogP contribution in [0.1, 0.15) is 29.5 Å². The van der Waals surface area contributed by atoms with Crippen LogP contribution in [0.15, 0.2) is 65.1 Å². The number of alkyl halides is 3. The number of Topliss-reactive ketones (excluding diaryl/α,β-unsaturated/α-hetero) is 1. The van der Waals surface area contributed by atoms with Gasteiger partial charge in [0.2, 0.25) is 0 Å². The van der Waals surface area contributed by atoms with E-state index in [9.17, 15) is 23.2 Å². The topological polar surface area (TPSA) is 59.3 Å². The SMILES string of the molecule is Cc1ccc(OC(C)C(=O)C(C#N)c2cccc(Br)c2)c(Oc2ccc(C(F)(F)F)cc2Cl)c1. The Labute approximate surface area is 208 Å². The van der Waals surface area contributed by atoms with E-state index in [0.717, 1.165) is 28.2 Å². The maximum Gasteiger partial charge on any atom is 0.416 e. The summed E-state index contributed by atoms with van der Waals surface area (Å²) in [6.07, 6.45) is -5.56. The summed E-state index contributed by atoms with van der Waals surface area (Å²) in [5, 5.41) is 9.36. The average molecular weight is 553 g/mol. The monoisotopic (exact) mass is 551 g/mol. The van der Waals surface area contributed by atoms with Crippen LogP contribution in [0.4, 0.5) is 13.2 Å². The normalized spacial score (nSPS) is 13.0. The van der Waals surface area contributed by atoms with E-state index in [-0.39, 0.29) is 22.3 Å². The molecule has 0 saturated carbocycles. The molecule has 176 valence electrons. The molecular weight excluding hydrogens is 535 g/mol. The van der Waals surface area contributed by atoms with Crippen molar-refractivity contribution in [3.63, 3.8) is 0 Å². The van der Waals surface area contributed by atoms with Gasteiger partial charge in [0, 0.05) is 4.47 Å². The number of halogens is 5. The Hall–Kier alpha value is -3.02. The fraction of sp³-hybridized carbons (Fsp3) is 0.200. The second-order valence-electron chi connectivity index (χ2n) is 7.47. The van der Waals surface area contributed by atoms with Crippen molar-refractivity contribution in [1.82, 2.24) is 0 Å². The van der Waals surface area contributed by atoms with Crippen molar-refractivity contribution in [2.45, 2.75) is 32.0 Å². The van der Waals surface area contributed by atoms with E-state index in [4.69, 9.17) is 21.1 Å². The molecule has 0 aliphatic heterocycles. The summed E-state index contributed by atoms with van der Waals surface area (Å²) in [7, 11) is 0.